The van der Waals surface area contributed by atoms with Crippen molar-refractivity contribution >= 4 is 28.8 Å². The summed E-state index contributed by atoms with van der Waals surface area (Å²) in [7, 11) is 3.08. The Bertz CT molecular complexity index is 1030. The minimum atomic E-state index is -0.334. The molecule has 0 aliphatic heterocycles. The lowest BCUT2D eigenvalue weighted by Crippen LogP contribution is -2.13. The quantitative estimate of drug-likeness (QED) is 0.584. The molecule has 3 aromatic rings. The number of benzene rings is 2. The number of aromatic nitrogens is 1. The summed E-state index contributed by atoms with van der Waals surface area (Å²) >= 11 is 0. The molecule has 0 bridgehead atoms. The molecule has 0 saturated heterocycles. The standard InChI is InChI=1S/C22H21N3O4/c1-14(26)15-4-6-17(7-5-15)24-18-10-16(12-23-13-18)22(27)25-20-11-19(28-2)8-9-21(20)29-3/h4-13,24H,1-3H3,(H,25,27). The molecule has 3 rings (SSSR count). The van der Waals surface area contributed by atoms with Crippen LogP contribution in [-0.2, 0) is 0 Å². The molecular weight excluding hydrogens is 370 g/mol. The Hall–Kier alpha value is -3.87. The highest BCUT2D eigenvalue weighted by molar-refractivity contribution is 6.05. The second-order valence-electron chi connectivity index (χ2n) is 6.24. The molecule has 0 aliphatic rings. The number of hydrogen-bond donors (Lipinski definition) is 2. The van der Waals surface area contributed by atoms with Gasteiger partial charge in [0.25, 0.3) is 5.91 Å². The van der Waals surface area contributed by atoms with Gasteiger partial charge >= 0.3 is 0 Å². The molecule has 0 atom stereocenters. The number of nitrogens with zero attached hydrogens (tertiary/aromatic N) is 1. The normalized spacial score (nSPS) is 10.2. The number of methoxy groups -OCH3 is 2. The van der Waals surface area contributed by atoms with Crippen LogP contribution in [0, 0.1) is 0 Å². The number of pyridine rings is 1. The molecule has 1 aromatic heterocycles. The van der Waals surface area contributed by atoms with Crippen molar-refractivity contribution in [1.29, 1.82) is 0 Å². The minimum Gasteiger partial charge on any atom is -0.497 e. The number of rotatable bonds is 7. The maximum atomic E-state index is 12.7. The van der Waals surface area contributed by atoms with E-state index in [0.717, 1.165) is 5.69 Å². The summed E-state index contributed by atoms with van der Waals surface area (Å²) in [6, 6.07) is 13.9. The van der Waals surface area contributed by atoms with E-state index in [1.54, 1.807) is 61.8 Å². The van der Waals surface area contributed by atoms with Crippen molar-refractivity contribution in [2.24, 2.45) is 0 Å². The number of carbonyl (C=O) groups excluding carboxylic acids is 2. The first-order chi connectivity index (χ1) is 14.0. The van der Waals surface area contributed by atoms with Crippen LogP contribution in [0.1, 0.15) is 27.6 Å². The Labute approximate surface area is 168 Å². The SMILES string of the molecule is COc1ccc(OC)c(NC(=O)c2cncc(Nc3ccc(C(C)=O)cc3)c2)c1. The fourth-order valence-corrected chi connectivity index (χ4v) is 2.69. The second kappa shape index (κ2) is 8.88. The predicted molar refractivity (Wildman–Crippen MR) is 111 cm³/mol. The Balaban J connectivity index is 1.77. The minimum absolute atomic E-state index is 0.00450. The molecule has 0 unspecified atom stereocenters. The van der Waals surface area contributed by atoms with E-state index in [1.165, 1.54) is 20.2 Å². The zero-order valence-electron chi connectivity index (χ0n) is 16.4. The molecule has 1 heterocycles. The summed E-state index contributed by atoms with van der Waals surface area (Å²) in [4.78, 5) is 28.2. The zero-order valence-corrected chi connectivity index (χ0v) is 16.4. The van der Waals surface area contributed by atoms with E-state index in [1.807, 2.05) is 0 Å². The Morgan fingerprint density at radius 3 is 2.28 bits per heavy atom. The molecular formula is C22H21N3O4. The Morgan fingerprint density at radius 1 is 0.862 bits per heavy atom. The Morgan fingerprint density at radius 2 is 1.62 bits per heavy atom. The summed E-state index contributed by atoms with van der Waals surface area (Å²) in [5, 5.41) is 5.99. The summed E-state index contributed by atoms with van der Waals surface area (Å²) in [6.45, 7) is 1.52. The molecule has 0 saturated carbocycles. The number of anilines is 3. The van der Waals surface area contributed by atoms with Crippen molar-refractivity contribution in [2.75, 3.05) is 24.9 Å². The molecule has 1 amide bonds. The largest absolute Gasteiger partial charge is 0.497 e. The lowest BCUT2D eigenvalue weighted by Gasteiger charge is -2.12. The van der Waals surface area contributed by atoms with E-state index in [9.17, 15) is 9.59 Å². The highest BCUT2D eigenvalue weighted by Gasteiger charge is 2.12. The van der Waals surface area contributed by atoms with Crippen LogP contribution >= 0.6 is 0 Å². The van der Waals surface area contributed by atoms with Gasteiger partial charge in [-0.1, -0.05) is 0 Å². The average molecular weight is 391 g/mol. The molecule has 7 heteroatoms. The Kier molecular flexibility index (Phi) is 6.09. The second-order valence-corrected chi connectivity index (χ2v) is 6.24. The molecule has 148 valence electrons. The molecule has 29 heavy (non-hydrogen) atoms. The molecule has 2 aromatic carbocycles. The number of hydrogen-bond acceptors (Lipinski definition) is 6. The number of ether oxygens (including phenoxy) is 2. The van der Waals surface area contributed by atoms with Crippen LogP contribution in [0.5, 0.6) is 11.5 Å². The van der Waals surface area contributed by atoms with E-state index >= 15 is 0 Å². The van der Waals surface area contributed by atoms with Crippen molar-refractivity contribution in [3.05, 3.63) is 72.1 Å². The number of ketones is 1. The van der Waals surface area contributed by atoms with Gasteiger partial charge in [-0.2, -0.15) is 0 Å². The summed E-state index contributed by atoms with van der Waals surface area (Å²) < 4.78 is 10.5. The molecule has 0 fully saturated rings. The van der Waals surface area contributed by atoms with Crippen LogP contribution in [0.25, 0.3) is 0 Å². The van der Waals surface area contributed by atoms with Crippen molar-refractivity contribution < 1.29 is 19.1 Å². The van der Waals surface area contributed by atoms with E-state index in [0.29, 0.717) is 34.0 Å². The number of carbonyl (C=O) groups is 2. The van der Waals surface area contributed by atoms with E-state index in [4.69, 9.17) is 9.47 Å². The first kappa shape index (κ1) is 19.9. The van der Waals surface area contributed by atoms with Crippen LogP contribution in [-0.4, -0.2) is 30.9 Å². The van der Waals surface area contributed by atoms with Gasteiger partial charge in [0, 0.05) is 23.5 Å². The van der Waals surface area contributed by atoms with Gasteiger partial charge < -0.3 is 20.1 Å². The van der Waals surface area contributed by atoms with Crippen molar-refractivity contribution in [2.45, 2.75) is 6.92 Å². The molecule has 7 nitrogen and oxygen atoms in total. The maximum absolute atomic E-state index is 12.7. The monoisotopic (exact) mass is 391 g/mol. The smallest absolute Gasteiger partial charge is 0.257 e. The van der Waals surface area contributed by atoms with Crippen molar-refractivity contribution in [1.82, 2.24) is 4.98 Å². The van der Waals surface area contributed by atoms with Gasteiger partial charge in [-0.3, -0.25) is 14.6 Å². The van der Waals surface area contributed by atoms with Gasteiger partial charge in [-0.05, 0) is 49.4 Å². The van der Waals surface area contributed by atoms with Gasteiger partial charge in [0.05, 0.1) is 37.4 Å². The van der Waals surface area contributed by atoms with Gasteiger partial charge in [0.2, 0.25) is 0 Å². The average Bonchev–Trinajstić information content (AvgIpc) is 2.74. The highest BCUT2D eigenvalue weighted by Crippen LogP contribution is 2.29. The topological polar surface area (TPSA) is 89.6 Å². The number of Topliss-reactive ketones (excluding diaryl/α,β-unsaturated/α-hetero) is 1. The first-order valence-electron chi connectivity index (χ1n) is 8.86. The third-order valence-corrected chi connectivity index (χ3v) is 4.24. The van der Waals surface area contributed by atoms with Crippen molar-refractivity contribution in [3.63, 3.8) is 0 Å². The van der Waals surface area contributed by atoms with Crippen LogP contribution < -0.4 is 20.1 Å². The third-order valence-electron chi connectivity index (χ3n) is 4.24. The zero-order chi connectivity index (χ0) is 20.8. The van der Waals surface area contributed by atoms with Crippen LogP contribution in [0.15, 0.2) is 60.9 Å². The third kappa shape index (κ3) is 4.90. The van der Waals surface area contributed by atoms with E-state index in [-0.39, 0.29) is 11.7 Å². The van der Waals surface area contributed by atoms with E-state index in [2.05, 4.69) is 15.6 Å². The summed E-state index contributed by atoms with van der Waals surface area (Å²) in [5.74, 6) is 0.792. The summed E-state index contributed by atoms with van der Waals surface area (Å²) in [6.07, 6.45) is 3.09. The van der Waals surface area contributed by atoms with Gasteiger partial charge in [-0.15, -0.1) is 0 Å². The van der Waals surface area contributed by atoms with Crippen LogP contribution in [0.4, 0.5) is 17.1 Å². The van der Waals surface area contributed by atoms with Crippen molar-refractivity contribution in [3.8, 4) is 11.5 Å². The number of amides is 1. The first-order valence-corrected chi connectivity index (χ1v) is 8.86. The fraction of sp³-hybridized carbons (Fsp3) is 0.136. The molecule has 0 aliphatic carbocycles. The van der Waals surface area contributed by atoms with Crippen LogP contribution in [0.3, 0.4) is 0 Å². The molecule has 0 spiro atoms. The predicted octanol–water partition coefficient (Wildman–Crippen LogP) is 4.30. The maximum Gasteiger partial charge on any atom is 0.257 e. The highest BCUT2D eigenvalue weighted by atomic mass is 16.5. The van der Waals surface area contributed by atoms with Crippen LogP contribution in [0.2, 0.25) is 0 Å². The van der Waals surface area contributed by atoms with E-state index < -0.39 is 0 Å². The van der Waals surface area contributed by atoms with Gasteiger partial charge in [-0.25, -0.2) is 0 Å². The molecule has 2 N–H and O–H groups in total. The molecule has 0 radical (unpaired) electrons. The van der Waals surface area contributed by atoms with Gasteiger partial charge in [0.15, 0.2) is 5.78 Å². The lowest BCUT2D eigenvalue weighted by atomic mass is 10.1. The fourth-order valence-electron chi connectivity index (χ4n) is 2.69. The lowest BCUT2D eigenvalue weighted by molar-refractivity contribution is 0.101. The van der Waals surface area contributed by atoms with Gasteiger partial charge in [0.1, 0.15) is 11.5 Å². The number of nitrogens with one attached hydrogen (secondary N) is 2. The summed E-state index contributed by atoms with van der Waals surface area (Å²) in [5.41, 5.74) is 2.93.